The Bertz CT molecular complexity index is 606. The molecular weight excluding hydrogens is 290 g/mol. The summed E-state index contributed by atoms with van der Waals surface area (Å²) in [5, 5.41) is 9.00. The second-order valence-corrected chi connectivity index (χ2v) is 6.95. The lowest BCUT2D eigenvalue weighted by molar-refractivity contribution is 0.0696. The molecule has 0 aliphatic carbocycles. The number of carboxylic acids is 1. The molecule has 0 amide bonds. The van der Waals surface area contributed by atoms with Gasteiger partial charge in [0.2, 0.25) is 10.0 Å². The molecular formula is C15H23NO4S. The third-order valence-electron chi connectivity index (χ3n) is 3.82. The Morgan fingerprint density at radius 1 is 1.29 bits per heavy atom. The van der Waals surface area contributed by atoms with Crippen LogP contribution in [0.5, 0.6) is 0 Å². The number of hydrogen-bond donors (Lipinski definition) is 2. The Morgan fingerprint density at radius 2 is 1.86 bits per heavy atom. The summed E-state index contributed by atoms with van der Waals surface area (Å²) in [4.78, 5) is 11.0. The monoisotopic (exact) mass is 313 g/mol. The first kappa shape index (κ1) is 17.7. The molecule has 0 aromatic heterocycles. The number of nitrogens with one attached hydrogen (secondary N) is 1. The molecule has 1 aromatic rings. The van der Waals surface area contributed by atoms with Crippen LogP contribution in [0.4, 0.5) is 0 Å². The molecule has 1 atom stereocenters. The van der Waals surface area contributed by atoms with E-state index >= 15 is 0 Å². The number of benzene rings is 1. The summed E-state index contributed by atoms with van der Waals surface area (Å²) >= 11 is 0. The van der Waals surface area contributed by atoms with Crippen molar-refractivity contribution < 1.29 is 18.3 Å². The third kappa shape index (κ3) is 4.28. The highest BCUT2D eigenvalue weighted by Crippen LogP contribution is 2.20. The minimum Gasteiger partial charge on any atom is -0.478 e. The fourth-order valence-corrected chi connectivity index (χ4v) is 4.01. The predicted molar refractivity (Wildman–Crippen MR) is 82.0 cm³/mol. The lowest BCUT2D eigenvalue weighted by Crippen LogP contribution is -2.38. The van der Waals surface area contributed by atoms with Crippen molar-refractivity contribution in [3.63, 3.8) is 0 Å². The first-order chi connectivity index (χ1) is 9.72. The molecule has 0 spiro atoms. The standard InChI is InChI=1S/C15H23NO4S/c1-5-12(6-2)11(4)16-21(19,20)14-9-13(15(17)18)8-7-10(14)3/h7-9,11-12,16H,5-6H2,1-4H3,(H,17,18). The van der Waals surface area contributed by atoms with Gasteiger partial charge in [0.05, 0.1) is 10.5 Å². The molecule has 0 fully saturated rings. The molecule has 0 aliphatic heterocycles. The van der Waals surface area contributed by atoms with Crippen molar-refractivity contribution in [3.05, 3.63) is 29.3 Å². The Kier molecular flexibility index (Phi) is 5.92. The first-order valence-electron chi connectivity index (χ1n) is 7.09. The van der Waals surface area contributed by atoms with E-state index in [1.165, 1.54) is 18.2 Å². The number of aromatic carboxylic acids is 1. The molecule has 1 rings (SSSR count). The fourth-order valence-electron chi connectivity index (χ4n) is 2.42. The predicted octanol–water partition coefficient (Wildman–Crippen LogP) is 2.80. The fraction of sp³-hybridized carbons (Fsp3) is 0.533. The molecule has 0 radical (unpaired) electrons. The van der Waals surface area contributed by atoms with Crippen molar-refractivity contribution in [1.29, 1.82) is 0 Å². The van der Waals surface area contributed by atoms with Gasteiger partial charge in [-0.25, -0.2) is 17.9 Å². The number of carboxylic acid groups (broad SMARTS) is 1. The van der Waals surface area contributed by atoms with E-state index in [1.807, 2.05) is 20.8 Å². The van der Waals surface area contributed by atoms with Crippen LogP contribution in [0.2, 0.25) is 0 Å². The van der Waals surface area contributed by atoms with E-state index in [2.05, 4.69) is 4.72 Å². The zero-order valence-electron chi connectivity index (χ0n) is 12.9. The van der Waals surface area contributed by atoms with E-state index in [0.717, 1.165) is 12.8 Å². The van der Waals surface area contributed by atoms with Gasteiger partial charge < -0.3 is 5.11 Å². The van der Waals surface area contributed by atoms with Gasteiger partial charge >= 0.3 is 5.97 Å². The van der Waals surface area contributed by atoms with Gasteiger partial charge in [0.15, 0.2) is 0 Å². The highest BCUT2D eigenvalue weighted by atomic mass is 32.2. The molecule has 6 heteroatoms. The van der Waals surface area contributed by atoms with Gasteiger partial charge in [0, 0.05) is 6.04 Å². The van der Waals surface area contributed by atoms with Crippen molar-refractivity contribution >= 4 is 16.0 Å². The SMILES string of the molecule is CCC(CC)C(C)NS(=O)(=O)c1cc(C(=O)O)ccc1C. The summed E-state index contributed by atoms with van der Waals surface area (Å²) in [7, 11) is -3.72. The van der Waals surface area contributed by atoms with Crippen molar-refractivity contribution in [2.24, 2.45) is 5.92 Å². The maximum absolute atomic E-state index is 12.5. The smallest absolute Gasteiger partial charge is 0.335 e. The summed E-state index contributed by atoms with van der Waals surface area (Å²) in [6, 6.07) is 3.93. The quantitative estimate of drug-likeness (QED) is 0.811. The molecule has 0 bridgehead atoms. The van der Waals surface area contributed by atoms with Gasteiger partial charge in [-0.2, -0.15) is 0 Å². The van der Waals surface area contributed by atoms with Crippen LogP contribution in [0.25, 0.3) is 0 Å². The Hall–Kier alpha value is -1.40. The molecule has 118 valence electrons. The van der Waals surface area contributed by atoms with Crippen LogP contribution >= 0.6 is 0 Å². The molecule has 1 unspecified atom stereocenters. The molecule has 0 heterocycles. The number of rotatable bonds is 7. The van der Waals surface area contributed by atoms with E-state index in [-0.39, 0.29) is 22.4 Å². The van der Waals surface area contributed by atoms with Crippen LogP contribution in [0.1, 0.15) is 49.5 Å². The molecule has 0 aliphatic rings. The maximum Gasteiger partial charge on any atom is 0.335 e. The zero-order chi connectivity index (χ0) is 16.2. The number of sulfonamides is 1. The van der Waals surface area contributed by atoms with E-state index in [4.69, 9.17) is 5.11 Å². The van der Waals surface area contributed by atoms with Gasteiger partial charge in [0.1, 0.15) is 0 Å². The Labute approximate surface area is 126 Å². The second-order valence-electron chi connectivity index (χ2n) is 5.27. The topological polar surface area (TPSA) is 83.5 Å². The lowest BCUT2D eigenvalue weighted by Gasteiger charge is -2.23. The van der Waals surface area contributed by atoms with Crippen LogP contribution in [0, 0.1) is 12.8 Å². The summed E-state index contributed by atoms with van der Waals surface area (Å²) in [5.74, 6) is -0.887. The van der Waals surface area contributed by atoms with Gasteiger partial charge in [-0.05, 0) is 37.5 Å². The number of hydrogen-bond acceptors (Lipinski definition) is 3. The van der Waals surface area contributed by atoms with Crippen LogP contribution < -0.4 is 4.72 Å². The molecule has 0 saturated carbocycles. The Balaban J connectivity index is 3.13. The minimum atomic E-state index is -3.72. The number of aryl methyl sites for hydroxylation is 1. The van der Waals surface area contributed by atoms with Crippen LogP contribution in [0.15, 0.2) is 23.1 Å². The normalized spacial score (nSPS) is 13.4. The van der Waals surface area contributed by atoms with Gasteiger partial charge in [-0.15, -0.1) is 0 Å². The van der Waals surface area contributed by atoms with Gasteiger partial charge in [-0.1, -0.05) is 32.8 Å². The molecule has 5 nitrogen and oxygen atoms in total. The van der Waals surface area contributed by atoms with Gasteiger partial charge in [-0.3, -0.25) is 0 Å². The first-order valence-corrected chi connectivity index (χ1v) is 8.57. The average Bonchev–Trinajstić information content (AvgIpc) is 2.39. The van der Waals surface area contributed by atoms with Crippen LogP contribution in [-0.2, 0) is 10.0 Å². The molecule has 1 aromatic carbocycles. The summed E-state index contributed by atoms with van der Waals surface area (Å²) < 4.78 is 27.6. The van der Waals surface area contributed by atoms with Crippen molar-refractivity contribution in [3.8, 4) is 0 Å². The lowest BCUT2D eigenvalue weighted by atomic mass is 9.96. The molecule has 0 saturated heterocycles. The van der Waals surface area contributed by atoms with E-state index in [0.29, 0.717) is 5.56 Å². The Morgan fingerprint density at radius 3 is 2.33 bits per heavy atom. The highest BCUT2D eigenvalue weighted by molar-refractivity contribution is 7.89. The van der Waals surface area contributed by atoms with Gasteiger partial charge in [0.25, 0.3) is 0 Å². The van der Waals surface area contributed by atoms with Crippen molar-refractivity contribution in [2.75, 3.05) is 0 Å². The van der Waals surface area contributed by atoms with E-state index in [9.17, 15) is 13.2 Å². The number of carbonyl (C=O) groups is 1. The third-order valence-corrected chi connectivity index (χ3v) is 5.52. The maximum atomic E-state index is 12.5. The molecule has 2 N–H and O–H groups in total. The van der Waals surface area contributed by atoms with E-state index in [1.54, 1.807) is 6.92 Å². The molecule has 21 heavy (non-hydrogen) atoms. The van der Waals surface area contributed by atoms with Crippen LogP contribution in [-0.4, -0.2) is 25.5 Å². The second kappa shape index (κ2) is 7.04. The van der Waals surface area contributed by atoms with Crippen molar-refractivity contribution in [2.45, 2.75) is 51.5 Å². The summed E-state index contributed by atoms with van der Waals surface area (Å²) in [6.45, 7) is 7.54. The largest absolute Gasteiger partial charge is 0.478 e. The highest BCUT2D eigenvalue weighted by Gasteiger charge is 2.24. The minimum absolute atomic E-state index is 0.0280. The summed E-state index contributed by atoms with van der Waals surface area (Å²) in [6.07, 6.45) is 1.77. The van der Waals surface area contributed by atoms with Crippen LogP contribution in [0.3, 0.4) is 0 Å². The van der Waals surface area contributed by atoms with E-state index < -0.39 is 16.0 Å². The van der Waals surface area contributed by atoms with Crippen molar-refractivity contribution in [1.82, 2.24) is 4.72 Å². The average molecular weight is 313 g/mol. The summed E-state index contributed by atoms with van der Waals surface area (Å²) in [5.41, 5.74) is 0.500. The zero-order valence-corrected chi connectivity index (χ0v) is 13.7.